The van der Waals surface area contributed by atoms with E-state index in [4.69, 9.17) is 10.2 Å². The van der Waals surface area contributed by atoms with Crippen molar-refractivity contribution in [1.82, 2.24) is 0 Å². The van der Waals surface area contributed by atoms with Crippen molar-refractivity contribution in [1.29, 1.82) is 0 Å². The van der Waals surface area contributed by atoms with Crippen molar-refractivity contribution in [3.05, 3.63) is 0 Å². The Morgan fingerprint density at radius 3 is 0.622 bits per heavy atom. The van der Waals surface area contributed by atoms with Crippen molar-refractivity contribution in [3.8, 4) is 0 Å². The predicted molar refractivity (Wildman–Crippen MR) is 162 cm³/mol. The third-order valence-electron chi connectivity index (χ3n) is 8.05. The smallest absolute Gasteiger partial charge is 0.303 e. The molecule has 0 aromatic rings. The van der Waals surface area contributed by atoms with Gasteiger partial charge in [0.25, 0.3) is 0 Å². The number of carbonyl (C=O) groups is 1. The van der Waals surface area contributed by atoms with Gasteiger partial charge in [-0.15, -0.1) is 0 Å². The second kappa shape index (κ2) is 33.5. The van der Waals surface area contributed by atoms with Gasteiger partial charge in [-0.3, -0.25) is 4.79 Å². The largest absolute Gasteiger partial charge is 0.481 e. The highest BCUT2D eigenvalue weighted by Crippen LogP contribution is 2.16. The summed E-state index contributed by atoms with van der Waals surface area (Å²) in [5.41, 5.74) is 0. The fraction of sp³-hybridized carbons (Fsp3) is 0.971. The van der Waals surface area contributed by atoms with Crippen molar-refractivity contribution in [2.24, 2.45) is 0 Å². The molecule has 222 valence electrons. The summed E-state index contributed by atoms with van der Waals surface area (Å²) in [7, 11) is 0. The first-order valence-electron chi connectivity index (χ1n) is 17.1. The van der Waals surface area contributed by atoms with Crippen molar-refractivity contribution in [3.63, 3.8) is 0 Å². The van der Waals surface area contributed by atoms with Crippen LogP contribution >= 0.6 is 0 Å². The minimum Gasteiger partial charge on any atom is -0.481 e. The van der Waals surface area contributed by atoms with E-state index in [-0.39, 0.29) is 0 Å². The zero-order valence-corrected chi connectivity index (χ0v) is 25.1. The number of carboxylic acid groups (broad SMARTS) is 1. The van der Waals surface area contributed by atoms with E-state index in [2.05, 4.69) is 0 Å². The van der Waals surface area contributed by atoms with Crippen LogP contribution in [-0.2, 0) is 4.79 Å². The molecular formula is C34H68O3. The summed E-state index contributed by atoms with van der Waals surface area (Å²) in [5, 5.41) is 17.4. The third kappa shape index (κ3) is 35.4. The molecule has 37 heavy (non-hydrogen) atoms. The summed E-state index contributed by atoms with van der Waals surface area (Å²) in [4.78, 5) is 10.5. The fourth-order valence-electron chi connectivity index (χ4n) is 5.51. The van der Waals surface area contributed by atoms with Crippen LogP contribution < -0.4 is 0 Å². The Bertz CT molecular complexity index is 423. The maximum absolute atomic E-state index is 10.5. The molecule has 0 aliphatic rings. The Morgan fingerprint density at radius 1 is 0.297 bits per heavy atom. The van der Waals surface area contributed by atoms with Gasteiger partial charge in [0.15, 0.2) is 0 Å². The minimum absolute atomic E-state index is 0.343. The highest BCUT2D eigenvalue weighted by molar-refractivity contribution is 5.66. The van der Waals surface area contributed by atoms with E-state index in [1.54, 1.807) is 0 Å². The Kier molecular flexibility index (Phi) is 32.9. The van der Waals surface area contributed by atoms with E-state index in [9.17, 15) is 4.79 Å². The molecular weight excluding hydrogens is 456 g/mol. The third-order valence-corrected chi connectivity index (χ3v) is 8.05. The van der Waals surface area contributed by atoms with Crippen LogP contribution in [0.5, 0.6) is 0 Å². The van der Waals surface area contributed by atoms with Crippen LogP contribution in [0.15, 0.2) is 0 Å². The van der Waals surface area contributed by atoms with Crippen LogP contribution in [0.3, 0.4) is 0 Å². The molecule has 0 heterocycles. The maximum atomic E-state index is 10.5. The normalized spacial score (nSPS) is 11.4. The Labute approximate surface area is 233 Å². The van der Waals surface area contributed by atoms with Gasteiger partial charge in [0.05, 0.1) is 0 Å². The first-order valence-corrected chi connectivity index (χ1v) is 17.1. The minimum atomic E-state index is -0.651. The lowest BCUT2D eigenvalue weighted by Gasteiger charge is -2.04. The standard InChI is InChI=1S/C34H68O3/c35-33-31-29-27-25-23-21-19-17-15-13-11-9-7-5-3-1-2-4-6-8-10-12-14-16-18-20-22-24-26-28-30-32-34(36)37/h35H,1-33H2,(H,36,37). The molecule has 0 saturated heterocycles. The predicted octanol–water partition coefficient (Wildman–Crippen LogP) is 11.5. The van der Waals surface area contributed by atoms with Crippen LogP contribution in [0.1, 0.15) is 205 Å². The topological polar surface area (TPSA) is 57.5 Å². The molecule has 3 heteroatoms. The molecule has 0 fully saturated rings. The van der Waals surface area contributed by atoms with Gasteiger partial charge in [-0.2, -0.15) is 0 Å². The summed E-state index contributed by atoms with van der Waals surface area (Å²) >= 11 is 0. The second-order valence-electron chi connectivity index (χ2n) is 11.8. The second-order valence-corrected chi connectivity index (χ2v) is 11.8. The summed E-state index contributed by atoms with van der Waals surface area (Å²) in [6.45, 7) is 0.367. The molecule has 0 spiro atoms. The highest BCUT2D eigenvalue weighted by Gasteiger charge is 1.98. The number of aliphatic hydroxyl groups excluding tert-OH is 1. The van der Waals surface area contributed by atoms with Crippen molar-refractivity contribution in [2.45, 2.75) is 205 Å². The summed E-state index contributed by atoms with van der Waals surface area (Å²) < 4.78 is 0. The van der Waals surface area contributed by atoms with Gasteiger partial charge in [0.2, 0.25) is 0 Å². The van der Waals surface area contributed by atoms with Crippen LogP contribution in [0.2, 0.25) is 0 Å². The number of aliphatic hydroxyl groups is 1. The monoisotopic (exact) mass is 525 g/mol. The lowest BCUT2D eigenvalue weighted by Crippen LogP contribution is -1.93. The summed E-state index contributed by atoms with van der Waals surface area (Å²) in [6.07, 6.45) is 42.6. The van der Waals surface area contributed by atoms with Crippen LogP contribution in [-0.4, -0.2) is 22.8 Å². The molecule has 3 nitrogen and oxygen atoms in total. The zero-order chi connectivity index (χ0) is 26.9. The van der Waals surface area contributed by atoms with Gasteiger partial charge in [-0.1, -0.05) is 186 Å². The van der Waals surface area contributed by atoms with E-state index in [1.807, 2.05) is 0 Å². The fourth-order valence-corrected chi connectivity index (χ4v) is 5.51. The molecule has 0 aromatic carbocycles. The molecule has 0 rings (SSSR count). The molecule has 0 aliphatic heterocycles. The van der Waals surface area contributed by atoms with Gasteiger partial charge in [0.1, 0.15) is 0 Å². The Hall–Kier alpha value is -0.570. The van der Waals surface area contributed by atoms with Crippen LogP contribution in [0, 0.1) is 0 Å². The van der Waals surface area contributed by atoms with Gasteiger partial charge < -0.3 is 10.2 Å². The average Bonchev–Trinajstić information content (AvgIpc) is 2.89. The SMILES string of the molecule is O=C(O)CCCCCCCCCCCCCCCCCCCCCCCCCCCCCCCCCO. The van der Waals surface area contributed by atoms with Gasteiger partial charge in [-0.25, -0.2) is 0 Å². The van der Waals surface area contributed by atoms with E-state index < -0.39 is 5.97 Å². The number of hydrogen-bond donors (Lipinski definition) is 2. The highest BCUT2D eigenvalue weighted by atomic mass is 16.4. The molecule has 0 saturated carbocycles. The first-order chi connectivity index (χ1) is 18.3. The van der Waals surface area contributed by atoms with Crippen molar-refractivity contribution >= 4 is 5.97 Å². The number of aliphatic carboxylic acids is 1. The molecule has 2 N–H and O–H groups in total. The van der Waals surface area contributed by atoms with Crippen LogP contribution in [0.4, 0.5) is 0 Å². The summed E-state index contributed by atoms with van der Waals surface area (Å²) in [5.74, 6) is -0.651. The van der Waals surface area contributed by atoms with E-state index in [0.29, 0.717) is 13.0 Å². The lowest BCUT2D eigenvalue weighted by molar-refractivity contribution is -0.137. The average molecular weight is 525 g/mol. The molecule has 0 atom stereocenters. The van der Waals surface area contributed by atoms with E-state index in [1.165, 1.54) is 180 Å². The Morgan fingerprint density at radius 2 is 0.459 bits per heavy atom. The van der Waals surface area contributed by atoms with Crippen LogP contribution in [0.25, 0.3) is 0 Å². The number of unbranched alkanes of at least 4 members (excludes halogenated alkanes) is 30. The first kappa shape index (κ1) is 36.4. The molecule has 0 radical (unpaired) electrons. The molecule has 0 aromatic heterocycles. The number of hydrogen-bond acceptors (Lipinski definition) is 2. The Balaban J connectivity index is 3.02. The molecule has 0 bridgehead atoms. The summed E-state index contributed by atoms with van der Waals surface area (Å²) in [6, 6.07) is 0. The molecule has 0 unspecified atom stereocenters. The zero-order valence-electron chi connectivity index (χ0n) is 25.1. The molecule has 0 aliphatic carbocycles. The number of carboxylic acids is 1. The van der Waals surface area contributed by atoms with E-state index in [0.717, 1.165) is 19.3 Å². The van der Waals surface area contributed by atoms with Crippen molar-refractivity contribution < 1.29 is 15.0 Å². The quantitative estimate of drug-likeness (QED) is 0.0839. The van der Waals surface area contributed by atoms with E-state index >= 15 is 0 Å². The maximum Gasteiger partial charge on any atom is 0.303 e. The lowest BCUT2D eigenvalue weighted by atomic mass is 10.0. The molecule has 0 amide bonds. The van der Waals surface area contributed by atoms with Crippen molar-refractivity contribution in [2.75, 3.05) is 6.61 Å². The number of rotatable bonds is 33. The van der Waals surface area contributed by atoms with Gasteiger partial charge in [-0.05, 0) is 12.8 Å². The van der Waals surface area contributed by atoms with Gasteiger partial charge >= 0.3 is 5.97 Å². The van der Waals surface area contributed by atoms with Gasteiger partial charge in [0, 0.05) is 13.0 Å².